The molecule has 4 aromatic rings. The van der Waals surface area contributed by atoms with Gasteiger partial charge in [-0.15, -0.1) is 0 Å². The molecule has 0 amide bonds. The molecule has 0 aliphatic carbocycles. The minimum Gasteiger partial charge on any atom is -0.497 e. The van der Waals surface area contributed by atoms with Crippen molar-refractivity contribution in [2.45, 2.75) is 25.1 Å². The Morgan fingerprint density at radius 2 is 1.58 bits per heavy atom. The van der Waals surface area contributed by atoms with E-state index in [4.69, 9.17) is 14.3 Å². The molecule has 0 N–H and O–H groups in total. The molecule has 0 radical (unpaired) electrons. The first-order valence-corrected chi connectivity index (χ1v) is 12.7. The number of ketones is 1. The molecule has 2 aliphatic rings. The van der Waals surface area contributed by atoms with Crippen molar-refractivity contribution < 1.29 is 19.1 Å². The smallest absolute Gasteiger partial charge is 0.286 e. The Labute approximate surface area is 222 Å². The number of hydrogen-bond donors (Lipinski definition) is 0. The van der Waals surface area contributed by atoms with Crippen molar-refractivity contribution in [1.82, 2.24) is 0 Å². The summed E-state index contributed by atoms with van der Waals surface area (Å²) in [5.74, 6) is 0.892. The number of oxime groups is 1. The predicted molar refractivity (Wildman–Crippen MR) is 147 cm³/mol. The van der Waals surface area contributed by atoms with Crippen molar-refractivity contribution in [3.8, 4) is 11.5 Å². The first-order chi connectivity index (χ1) is 18.7. The molecular weight excluding hydrogens is 476 g/mol. The van der Waals surface area contributed by atoms with E-state index in [0.29, 0.717) is 24.4 Å². The zero-order chi connectivity index (χ0) is 26.1. The Bertz CT molecular complexity index is 1480. The molecule has 38 heavy (non-hydrogen) atoms. The highest BCUT2D eigenvalue weighted by atomic mass is 16.7. The van der Waals surface area contributed by atoms with Crippen LogP contribution in [0, 0.1) is 0 Å². The molecule has 0 saturated heterocycles. The summed E-state index contributed by atoms with van der Waals surface area (Å²) in [7, 11) is 1.64. The third-order valence-electron chi connectivity index (χ3n) is 7.24. The molecule has 2 aliphatic heterocycles. The molecular formula is C32H28N2O4. The lowest BCUT2D eigenvalue weighted by Crippen LogP contribution is -2.61. The highest BCUT2D eigenvalue weighted by Gasteiger charge is 2.62. The number of nitrogens with zero attached hydrogens (tertiary/aromatic N) is 2. The van der Waals surface area contributed by atoms with Crippen LogP contribution in [-0.4, -0.2) is 30.9 Å². The summed E-state index contributed by atoms with van der Waals surface area (Å²) in [4.78, 5) is 23.0. The fraction of sp³-hybridized carbons (Fsp3) is 0.188. The van der Waals surface area contributed by atoms with Crippen molar-refractivity contribution in [3.05, 3.63) is 125 Å². The van der Waals surface area contributed by atoms with Crippen LogP contribution in [-0.2, 0) is 11.4 Å². The van der Waals surface area contributed by atoms with Gasteiger partial charge in [0.25, 0.3) is 5.72 Å². The highest BCUT2D eigenvalue weighted by molar-refractivity contribution is 6.16. The molecule has 2 heterocycles. The van der Waals surface area contributed by atoms with Crippen LogP contribution in [0.25, 0.3) is 0 Å². The molecule has 6 nitrogen and oxygen atoms in total. The maximum atomic E-state index is 14.6. The highest BCUT2D eigenvalue weighted by Crippen LogP contribution is 2.49. The number of rotatable bonds is 6. The summed E-state index contributed by atoms with van der Waals surface area (Å²) in [5.41, 5.74) is 3.55. The Hall–Kier alpha value is -4.58. The monoisotopic (exact) mass is 504 g/mol. The molecule has 0 fully saturated rings. The predicted octanol–water partition coefficient (Wildman–Crippen LogP) is 6.21. The van der Waals surface area contributed by atoms with Crippen molar-refractivity contribution in [2.24, 2.45) is 5.16 Å². The van der Waals surface area contributed by atoms with E-state index in [1.807, 2.05) is 110 Å². The average molecular weight is 505 g/mol. The van der Waals surface area contributed by atoms with E-state index in [9.17, 15) is 4.79 Å². The minimum atomic E-state index is -1.40. The van der Waals surface area contributed by atoms with E-state index in [0.717, 1.165) is 33.9 Å². The molecule has 0 bridgehead atoms. The van der Waals surface area contributed by atoms with Gasteiger partial charge < -0.3 is 19.2 Å². The molecule has 190 valence electrons. The second-order valence-electron chi connectivity index (χ2n) is 9.34. The van der Waals surface area contributed by atoms with Gasteiger partial charge in [-0.3, -0.25) is 4.79 Å². The van der Waals surface area contributed by atoms with Crippen LogP contribution in [0.4, 0.5) is 5.69 Å². The molecule has 6 heteroatoms. The number of benzene rings is 4. The molecule has 0 saturated carbocycles. The second kappa shape index (κ2) is 9.71. The van der Waals surface area contributed by atoms with Gasteiger partial charge in [-0.1, -0.05) is 59.8 Å². The van der Waals surface area contributed by atoms with Crippen molar-refractivity contribution >= 4 is 17.2 Å². The van der Waals surface area contributed by atoms with Gasteiger partial charge in [0.2, 0.25) is 5.78 Å². The van der Waals surface area contributed by atoms with Gasteiger partial charge in [0.05, 0.1) is 13.7 Å². The van der Waals surface area contributed by atoms with Gasteiger partial charge >= 0.3 is 0 Å². The number of Topliss-reactive ketones (excluding diaryl/α,β-unsaturated/α-hetero) is 1. The number of methoxy groups -OCH3 is 1. The standard InChI is InChI=1S/C32H28N2O4/c1-3-37-27-19-13-22(14-20-27)29-30(23-15-17-26(36-2)18-16-23)33-38-32(29)31(35)28-12-8-7-9-24(28)21-34(32)25-10-5-4-6-11-25/h4-20,29H,3,21H2,1-2H3. The van der Waals surface area contributed by atoms with Gasteiger partial charge in [-0.2, -0.15) is 0 Å². The maximum Gasteiger partial charge on any atom is 0.286 e. The summed E-state index contributed by atoms with van der Waals surface area (Å²) in [6.45, 7) is 3.04. The van der Waals surface area contributed by atoms with E-state index in [1.165, 1.54) is 0 Å². The SMILES string of the molecule is CCOc1ccc(C2C(c3ccc(OC)cc3)=NOC23C(=O)c2ccccc2CN3c2ccccc2)cc1. The number of hydrogen-bond acceptors (Lipinski definition) is 6. The van der Waals surface area contributed by atoms with E-state index in [-0.39, 0.29) is 5.78 Å². The van der Waals surface area contributed by atoms with Crippen LogP contribution in [0.15, 0.2) is 108 Å². The number of carbonyl (C=O) groups excluding carboxylic acids is 1. The summed E-state index contributed by atoms with van der Waals surface area (Å²) in [5, 5.41) is 4.64. The van der Waals surface area contributed by atoms with Crippen molar-refractivity contribution in [3.63, 3.8) is 0 Å². The van der Waals surface area contributed by atoms with Crippen LogP contribution < -0.4 is 14.4 Å². The van der Waals surface area contributed by atoms with E-state index < -0.39 is 11.6 Å². The van der Waals surface area contributed by atoms with Crippen molar-refractivity contribution in [1.29, 1.82) is 0 Å². The number of para-hydroxylation sites is 1. The number of anilines is 1. The van der Waals surface area contributed by atoms with E-state index in [1.54, 1.807) is 7.11 Å². The lowest BCUT2D eigenvalue weighted by atomic mass is 9.75. The van der Waals surface area contributed by atoms with Gasteiger partial charge in [0.1, 0.15) is 23.1 Å². The number of ether oxygens (including phenoxy) is 2. The molecule has 0 aromatic heterocycles. The quantitative estimate of drug-likeness (QED) is 0.312. The Morgan fingerprint density at radius 3 is 2.29 bits per heavy atom. The van der Waals surface area contributed by atoms with Crippen molar-refractivity contribution in [2.75, 3.05) is 18.6 Å². The van der Waals surface area contributed by atoms with Crippen LogP contribution in [0.1, 0.15) is 39.9 Å². The molecule has 2 unspecified atom stereocenters. The van der Waals surface area contributed by atoms with Crippen LogP contribution in [0.3, 0.4) is 0 Å². The largest absolute Gasteiger partial charge is 0.497 e. The third-order valence-corrected chi connectivity index (χ3v) is 7.24. The minimum absolute atomic E-state index is 0.116. The molecule has 2 atom stereocenters. The second-order valence-corrected chi connectivity index (χ2v) is 9.34. The lowest BCUT2D eigenvalue weighted by molar-refractivity contribution is -0.0177. The number of carbonyl (C=O) groups is 1. The van der Waals surface area contributed by atoms with E-state index in [2.05, 4.69) is 10.1 Å². The van der Waals surface area contributed by atoms with Gasteiger partial charge in [-0.25, -0.2) is 0 Å². The maximum absolute atomic E-state index is 14.6. The topological polar surface area (TPSA) is 60.4 Å². The number of fused-ring (bicyclic) bond motifs is 1. The first-order valence-electron chi connectivity index (χ1n) is 12.7. The summed E-state index contributed by atoms with van der Waals surface area (Å²) >= 11 is 0. The lowest BCUT2D eigenvalue weighted by Gasteiger charge is -2.46. The fourth-order valence-electron chi connectivity index (χ4n) is 5.45. The Balaban J connectivity index is 1.56. The van der Waals surface area contributed by atoms with Gasteiger partial charge in [0.15, 0.2) is 0 Å². The fourth-order valence-corrected chi connectivity index (χ4v) is 5.45. The van der Waals surface area contributed by atoms with Gasteiger partial charge in [-0.05, 0) is 66.6 Å². The van der Waals surface area contributed by atoms with Crippen LogP contribution in [0.2, 0.25) is 0 Å². The average Bonchev–Trinajstić information content (AvgIpc) is 3.37. The Morgan fingerprint density at radius 1 is 0.895 bits per heavy atom. The van der Waals surface area contributed by atoms with Crippen LogP contribution in [0.5, 0.6) is 11.5 Å². The van der Waals surface area contributed by atoms with Crippen LogP contribution >= 0.6 is 0 Å². The summed E-state index contributed by atoms with van der Waals surface area (Å²) in [6.07, 6.45) is 0. The Kier molecular flexibility index (Phi) is 6.08. The zero-order valence-electron chi connectivity index (χ0n) is 21.3. The third kappa shape index (κ3) is 3.80. The summed E-state index contributed by atoms with van der Waals surface area (Å²) in [6, 6.07) is 33.2. The molecule has 4 aromatic carbocycles. The molecule has 6 rings (SSSR count). The summed E-state index contributed by atoms with van der Waals surface area (Å²) < 4.78 is 11.1. The molecule has 1 spiro atoms. The van der Waals surface area contributed by atoms with Gasteiger partial charge in [0, 0.05) is 23.4 Å². The van der Waals surface area contributed by atoms with E-state index >= 15 is 0 Å². The normalized spacial score (nSPS) is 20.1. The zero-order valence-corrected chi connectivity index (χ0v) is 21.3. The first kappa shape index (κ1) is 23.8.